The molecule has 0 spiro atoms. The van der Waals surface area contributed by atoms with Gasteiger partial charge >= 0.3 is 0 Å². The van der Waals surface area contributed by atoms with E-state index in [9.17, 15) is 0 Å². The first-order chi connectivity index (χ1) is 9.10. The highest BCUT2D eigenvalue weighted by molar-refractivity contribution is 9.10. The summed E-state index contributed by atoms with van der Waals surface area (Å²) in [6.45, 7) is 5.31. The first kappa shape index (κ1) is 15.1. The molecule has 1 aromatic rings. The zero-order valence-electron chi connectivity index (χ0n) is 11.5. The van der Waals surface area contributed by atoms with Crippen molar-refractivity contribution in [2.75, 3.05) is 20.2 Å². The lowest BCUT2D eigenvalue weighted by molar-refractivity contribution is 0.175. The highest BCUT2D eigenvalue weighted by Gasteiger charge is 2.23. The Hall–Kier alpha value is -0.250. The van der Waals surface area contributed by atoms with Crippen molar-refractivity contribution >= 4 is 27.5 Å². The van der Waals surface area contributed by atoms with Gasteiger partial charge in [-0.15, -0.1) is 11.6 Å². The molecule has 0 aromatic heterocycles. The number of piperidine rings is 1. The lowest BCUT2D eigenvalue weighted by Crippen LogP contribution is -2.35. The van der Waals surface area contributed by atoms with Crippen LogP contribution in [0.4, 0.5) is 0 Å². The van der Waals surface area contributed by atoms with Gasteiger partial charge in [0.2, 0.25) is 0 Å². The van der Waals surface area contributed by atoms with Crippen LogP contribution in [-0.4, -0.2) is 30.5 Å². The van der Waals surface area contributed by atoms with Gasteiger partial charge in [-0.25, -0.2) is 0 Å². The van der Waals surface area contributed by atoms with Crippen molar-refractivity contribution in [2.45, 2.75) is 31.7 Å². The molecule has 0 saturated carbocycles. The lowest BCUT2D eigenvalue weighted by atomic mass is 9.94. The summed E-state index contributed by atoms with van der Waals surface area (Å²) < 4.78 is 6.54. The topological polar surface area (TPSA) is 12.5 Å². The molecule has 0 radical (unpaired) electrons. The van der Waals surface area contributed by atoms with E-state index in [1.54, 1.807) is 7.11 Å². The minimum atomic E-state index is 0.294. The van der Waals surface area contributed by atoms with Gasteiger partial charge in [0.05, 0.1) is 7.11 Å². The Balaban J connectivity index is 1.97. The van der Waals surface area contributed by atoms with Crippen LogP contribution in [0.25, 0.3) is 0 Å². The average Bonchev–Trinajstić information content (AvgIpc) is 2.39. The second-order valence-corrected chi connectivity index (χ2v) is 6.85. The third-order valence-corrected chi connectivity index (χ3v) is 4.77. The third-order valence-electron chi connectivity index (χ3n) is 3.92. The number of hydrogen-bond acceptors (Lipinski definition) is 2. The number of methoxy groups -OCH3 is 1. The second kappa shape index (κ2) is 6.96. The molecule has 1 saturated heterocycles. The number of ether oxygens (including phenoxy) is 1. The largest absolute Gasteiger partial charge is 0.496 e. The van der Waals surface area contributed by atoms with Crippen LogP contribution in [0, 0.1) is 5.92 Å². The fraction of sp³-hybridized carbons (Fsp3) is 0.600. The molecule has 2 nitrogen and oxygen atoms in total. The quantitative estimate of drug-likeness (QED) is 0.754. The molecule has 1 aromatic carbocycles. The van der Waals surface area contributed by atoms with E-state index in [-0.39, 0.29) is 0 Å². The highest BCUT2D eigenvalue weighted by atomic mass is 79.9. The molecular formula is C15H21BrClNO. The van der Waals surface area contributed by atoms with E-state index >= 15 is 0 Å². The second-order valence-electron chi connectivity index (χ2n) is 5.25. The Labute approximate surface area is 129 Å². The number of nitrogens with zero attached hydrogens (tertiary/aromatic N) is 1. The van der Waals surface area contributed by atoms with Gasteiger partial charge in [-0.05, 0) is 57.0 Å². The van der Waals surface area contributed by atoms with Crippen LogP contribution in [0.3, 0.4) is 0 Å². The van der Waals surface area contributed by atoms with Crippen molar-refractivity contribution in [1.29, 1.82) is 0 Å². The maximum Gasteiger partial charge on any atom is 0.123 e. The fourth-order valence-electron chi connectivity index (χ4n) is 2.68. The summed E-state index contributed by atoms with van der Waals surface area (Å²) >= 11 is 9.72. The monoisotopic (exact) mass is 345 g/mol. The highest BCUT2D eigenvalue weighted by Crippen LogP contribution is 2.28. The van der Waals surface area contributed by atoms with Crippen molar-refractivity contribution in [3.05, 3.63) is 28.2 Å². The van der Waals surface area contributed by atoms with Gasteiger partial charge in [0.25, 0.3) is 0 Å². The fourth-order valence-corrected chi connectivity index (χ4v) is 3.34. The number of alkyl halides is 1. The van der Waals surface area contributed by atoms with Crippen molar-refractivity contribution in [2.24, 2.45) is 5.92 Å². The SMILES string of the molecule is COc1ccc(Br)cc1CN1CCC(C(C)Cl)CC1. The van der Waals surface area contributed by atoms with E-state index in [1.165, 1.54) is 18.4 Å². The molecule has 1 fully saturated rings. The van der Waals surface area contributed by atoms with Gasteiger partial charge in [-0.3, -0.25) is 4.90 Å². The van der Waals surface area contributed by atoms with E-state index in [2.05, 4.69) is 33.8 Å². The van der Waals surface area contributed by atoms with Gasteiger partial charge < -0.3 is 4.74 Å². The number of likely N-dealkylation sites (tertiary alicyclic amines) is 1. The smallest absolute Gasteiger partial charge is 0.123 e. The Morgan fingerprint density at radius 1 is 1.42 bits per heavy atom. The predicted octanol–water partition coefficient (Wildman–Crippen LogP) is 4.30. The Kier molecular flexibility index (Phi) is 5.55. The normalized spacial score (nSPS) is 19.4. The summed E-state index contributed by atoms with van der Waals surface area (Å²) in [5.74, 6) is 1.64. The summed E-state index contributed by atoms with van der Waals surface area (Å²) in [6, 6.07) is 6.19. The van der Waals surface area contributed by atoms with E-state index in [0.29, 0.717) is 11.3 Å². The third kappa shape index (κ3) is 4.11. The summed E-state index contributed by atoms with van der Waals surface area (Å²) in [7, 11) is 1.73. The first-order valence-corrected chi connectivity index (χ1v) is 8.02. The lowest BCUT2D eigenvalue weighted by Gasteiger charge is -2.33. The minimum Gasteiger partial charge on any atom is -0.496 e. The Morgan fingerprint density at radius 3 is 2.68 bits per heavy atom. The number of hydrogen-bond donors (Lipinski definition) is 0. The van der Waals surface area contributed by atoms with Crippen LogP contribution in [-0.2, 0) is 6.54 Å². The summed E-state index contributed by atoms with van der Waals surface area (Å²) in [4.78, 5) is 2.49. The van der Waals surface area contributed by atoms with Crippen LogP contribution in [0.15, 0.2) is 22.7 Å². The van der Waals surface area contributed by atoms with Gasteiger partial charge in [-0.2, -0.15) is 0 Å². The van der Waals surface area contributed by atoms with Gasteiger partial charge in [-0.1, -0.05) is 15.9 Å². The summed E-state index contributed by atoms with van der Waals surface area (Å²) in [6.07, 6.45) is 2.39. The molecule has 1 heterocycles. The zero-order chi connectivity index (χ0) is 13.8. The van der Waals surface area contributed by atoms with Crippen molar-refractivity contribution in [1.82, 2.24) is 4.90 Å². The number of rotatable bonds is 4. The molecule has 0 amide bonds. The number of halogens is 2. The van der Waals surface area contributed by atoms with Crippen molar-refractivity contribution in [3.63, 3.8) is 0 Å². The standard InChI is InChI=1S/C15H21BrClNO/c1-11(17)12-5-7-18(8-6-12)10-13-9-14(16)3-4-15(13)19-2/h3-4,9,11-12H,5-8,10H2,1-2H3. The summed E-state index contributed by atoms with van der Waals surface area (Å²) in [5, 5.41) is 0.294. The minimum absolute atomic E-state index is 0.294. The molecule has 0 bridgehead atoms. The molecule has 19 heavy (non-hydrogen) atoms. The van der Waals surface area contributed by atoms with Crippen molar-refractivity contribution < 1.29 is 4.74 Å². The molecule has 4 heteroatoms. The Morgan fingerprint density at radius 2 is 2.11 bits per heavy atom. The molecule has 2 rings (SSSR count). The van der Waals surface area contributed by atoms with Crippen LogP contribution in [0.5, 0.6) is 5.75 Å². The molecule has 1 aliphatic rings. The molecule has 0 aliphatic carbocycles. The van der Waals surface area contributed by atoms with Crippen LogP contribution >= 0.6 is 27.5 Å². The summed E-state index contributed by atoms with van der Waals surface area (Å²) in [5.41, 5.74) is 1.24. The van der Waals surface area contributed by atoms with E-state index in [4.69, 9.17) is 16.3 Å². The average molecular weight is 347 g/mol. The number of benzene rings is 1. The molecule has 1 unspecified atom stereocenters. The van der Waals surface area contributed by atoms with E-state index in [1.807, 2.05) is 12.1 Å². The van der Waals surface area contributed by atoms with Crippen LogP contribution in [0.2, 0.25) is 0 Å². The van der Waals surface area contributed by atoms with E-state index < -0.39 is 0 Å². The molecule has 106 valence electrons. The molecule has 1 atom stereocenters. The maximum atomic E-state index is 6.19. The van der Waals surface area contributed by atoms with Crippen LogP contribution < -0.4 is 4.74 Å². The zero-order valence-corrected chi connectivity index (χ0v) is 13.9. The Bertz CT molecular complexity index is 417. The maximum absolute atomic E-state index is 6.19. The van der Waals surface area contributed by atoms with Crippen LogP contribution in [0.1, 0.15) is 25.3 Å². The predicted molar refractivity (Wildman–Crippen MR) is 84.0 cm³/mol. The molecular weight excluding hydrogens is 326 g/mol. The van der Waals surface area contributed by atoms with Gasteiger partial charge in [0.1, 0.15) is 5.75 Å². The first-order valence-electron chi connectivity index (χ1n) is 6.79. The molecule has 0 N–H and O–H groups in total. The van der Waals surface area contributed by atoms with Crippen molar-refractivity contribution in [3.8, 4) is 5.75 Å². The van der Waals surface area contributed by atoms with Gasteiger partial charge in [0, 0.05) is 22.0 Å². The van der Waals surface area contributed by atoms with E-state index in [0.717, 1.165) is 29.9 Å². The van der Waals surface area contributed by atoms with Gasteiger partial charge in [0.15, 0.2) is 0 Å². The molecule has 1 aliphatic heterocycles.